The molecule has 2 amide bonds. The SMILES string of the molecule is CS(=O)(=O)N1CC[C@H](N2CC(=O)C(O)(C(=O)NCc3cc(F)cc(Cl)c3)C2=O)C1. The van der Waals surface area contributed by atoms with Gasteiger partial charge < -0.3 is 15.3 Å². The number of rotatable bonds is 5. The van der Waals surface area contributed by atoms with Gasteiger partial charge in [0, 0.05) is 30.7 Å². The first-order valence-corrected chi connectivity index (χ1v) is 10.9. The number of benzene rings is 1. The van der Waals surface area contributed by atoms with Gasteiger partial charge in [0.1, 0.15) is 5.82 Å². The largest absolute Gasteiger partial charge is 0.366 e. The summed E-state index contributed by atoms with van der Waals surface area (Å²) in [7, 11) is -3.46. The van der Waals surface area contributed by atoms with E-state index in [1.807, 2.05) is 0 Å². The molecule has 0 aliphatic carbocycles. The molecule has 0 aromatic heterocycles. The van der Waals surface area contributed by atoms with Crippen LogP contribution in [-0.2, 0) is 31.0 Å². The lowest BCUT2D eigenvalue weighted by Crippen LogP contribution is -2.56. The zero-order valence-electron chi connectivity index (χ0n) is 15.4. The smallest absolute Gasteiger partial charge is 0.283 e. The fraction of sp³-hybridized carbons (Fsp3) is 0.471. The van der Waals surface area contributed by atoms with Crippen LogP contribution in [0.5, 0.6) is 0 Å². The number of aliphatic hydroxyl groups is 1. The maximum absolute atomic E-state index is 13.4. The lowest BCUT2D eigenvalue weighted by molar-refractivity contribution is -0.158. The Labute approximate surface area is 171 Å². The van der Waals surface area contributed by atoms with Gasteiger partial charge in [0.05, 0.1) is 12.8 Å². The lowest BCUT2D eigenvalue weighted by Gasteiger charge is -2.25. The molecule has 2 saturated heterocycles. The Hall–Kier alpha value is -2.08. The van der Waals surface area contributed by atoms with Crippen molar-refractivity contribution in [3.63, 3.8) is 0 Å². The Balaban J connectivity index is 1.71. The van der Waals surface area contributed by atoms with Gasteiger partial charge in [-0.2, -0.15) is 0 Å². The van der Waals surface area contributed by atoms with E-state index < -0.39 is 51.6 Å². The van der Waals surface area contributed by atoms with Crippen molar-refractivity contribution in [2.75, 3.05) is 25.9 Å². The zero-order valence-corrected chi connectivity index (χ0v) is 17.0. The molecule has 0 radical (unpaired) electrons. The number of hydrogen-bond acceptors (Lipinski definition) is 6. The molecule has 1 aromatic rings. The van der Waals surface area contributed by atoms with E-state index in [0.717, 1.165) is 23.3 Å². The summed E-state index contributed by atoms with van der Waals surface area (Å²) >= 11 is 5.74. The normalized spacial score (nSPS) is 25.7. The number of Topliss-reactive ketones (excluding diaryl/α,β-unsaturated/α-hetero) is 1. The Kier molecular flexibility index (Phi) is 5.69. The van der Waals surface area contributed by atoms with Crippen LogP contribution in [0, 0.1) is 5.82 Å². The van der Waals surface area contributed by atoms with Crippen molar-refractivity contribution in [2.45, 2.75) is 24.6 Å². The molecule has 3 rings (SSSR count). The summed E-state index contributed by atoms with van der Waals surface area (Å²) in [5, 5.41) is 12.9. The van der Waals surface area contributed by atoms with E-state index in [9.17, 15) is 32.3 Å². The van der Waals surface area contributed by atoms with Crippen molar-refractivity contribution in [3.05, 3.63) is 34.6 Å². The van der Waals surface area contributed by atoms with E-state index in [4.69, 9.17) is 11.6 Å². The molecule has 2 aliphatic heterocycles. The van der Waals surface area contributed by atoms with E-state index in [0.29, 0.717) is 0 Å². The number of hydrogen-bond donors (Lipinski definition) is 2. The minimum atomic E-state index is -3.46. The number of likely N-dealkylation sites (tertiary alicyclic amines) is 1. The number of sulfonamides is 1. The summed E-state index contributed by atoms with van der Waals surface area (Å²) in [5.41, 5.74) is -2.63. The molecule has 2 fully saturated rings. The van der Waals surface area contributed by atoms with Crippen LogP contribution in [-0.4, -0.2) is 77.9 Å². The highest BCUT2D eigenvalue weighted by atomic mass is 35.5. The van der Waals surface area contributed by atoms with Gasteiger partial charge >= 0.3 is 0 Å². The molecule has 2 N–H and O–H groups in total. The minimum absolute atomic E-state index is 0.0165. The molecule has 0 bridgehead atoms. The Morgan fingerprint density at radius 3 is 2.66 bits per heavy atom. The second-order valence-electron chi connectivity index (χ2n) is 7.09. The second kappa shape index (κ2) is 7.63. The summed E-state index contributed by atoms with van der Waals surface area (Å²) in [6, 6.07) is 2.95. The van der Waals surface area contributed by atoms with Gasteiger partial charge in [-0.3, -0.25) is 14.4 Å². The molecule has 2 atom stereocenters. The predicted octanol–water partition coefficient (Wildman–Crippen LogP) is -0.728. The first kappa shape index (κ1) is 21.6. The van der Waals surface area contributed by atoms with Crippen LogP contribution < -0.4 is 5.32 Å². The molecule has 1 unspecified atom stereocenters. The van der Waals surface area contributed by atoms with Gasteiger partial charge in [0.25, 0.3) is 17.4 Å². The third-order valence-corrected chi connectivity index (χ3v) is 6.52. The third-order valence-electron chi connectivity index (χ3n) is 5.03. The molecule has 29 heavy (non-hydrogen) atoms. The first-order valence-electron chi connectivity index (χ1n) is 8.68. The second-order valence-corrected chi connectivity index (χ2v) is 9.51. The van der Waals surface area contributed by atoms with Crippen LogP contribution in [0.25, 0.3) is 0 Å². The van der Waals surface area contributed by atoms with Crippen molar-refractivity contribution in [1.82, 2.24) is 14.5 Å². The van der Waals surface area contributed by atoms with Crippen molar-refractivity contribution in [1.29, 1.82) is 0 Å². The van der Waals surface area contributed by atoms with E-state index in [-0.39, 0.29) is 36.6 Å². The minimum Gasteiger partial charge on any atom is -0.366 e. The van der Waals surface area contributed by atoms with E-state index in [2.05, 4.69) is 5.32 Å². The summed E-state index contributed by atoms with van der Waals surface area (Å²) in [5.74, 6) is -3.96. The summed E-state index contributed by atoms with van der Waals surface area (Å²) in [6.45, 7) is -0.606. The van der Waals surface area contributed by atoms with Gasteiger partial charge in [-0.05, 0) is 30.2 Å². The van der Waals surface area contributed by atoms with Crippen LogP contribution >= 0.6 is 11.6 Å². The fourth-order valence-corrected chi connectivity index (χ4v) is 4.60. The van der Waals surface area contributed by atoms with Crippen molar-refractivity contribution >= 4 is 39.2 Å². The van der Waals surface area contributed by atoms with Gasteiger partial charge in [0.15, 0.2) is 0 Å². The van der Waals surface area contributed by atoms with Crippen LogP contribution in [0.15, 0.2) is 18.2 Å². The quantitative estimate of drug-likeness (QED) is 0.573. The van der Waals surface area contributed by atoms with Crippen molar-refractivity contribution in [3.8, 4) is 0 Å². The summed E-state index contributed by atoms with van der Waals surface area (Å²) in [4.78, 5) is 38.5. The average Bonchev–Trinajstić information content (AvgIpc) is 3.19. The molecule has 12 heteroatoms. The van der Waals surface area contributed by atoms with Crippen LogP contribution in [0.4, 0.5) is 4.39 Å². The number of nitrogens with one attached hydrogen (secondary N) is 1. The number of carbonyl (C=O) groups is 3. The van der Waals surface area contributed by atoms with Crippen molar-refractivity contribution in [2.24, 2.45) is 0 Å². The lowest BCUT2D eigenvalue weighted by atomic mass is 10.00. The Morgan fingerprint density at radius 2 is 2.07 bits per heavy atom. The number of amides is 2. The standard InChI is InChI=1S/C17H19ClFN3O6S/c1-29(27,28)21-3-2-13(8-21)22-9-14(23)17(26,16(22)25)15(24)20-7-10-4-11(18)6-12(19)5-10/h4-6,13,26H,2-3,7-9H2,1H3,(H,20,24)/t13-,17?/m0/s1. The Bertz CT molecular complexity index is 967. The van der Waals surface area contributed by atoms with Gasteiger partial charge in [-0.1, -0.05) is 11.6 Å². The molecule has 9 nitrogen and oxygen atoms in total. The van der Waals surface area contributed by atoms with E-state index in [1.165, 1.54) is 10.4 Å². The summed E-state index contributed by atoms with van der Waals surface area (Å²) < 4.78 is 37.8. The van der Waals surface area contributed by atoms with Gasteiger partial charge in [0.2, 0.25) is 15.8 Å². The monoisotopic (exact) mass is 447 g/mol. The molecule has 1 aromatic carbocycles. The number of ketones is 1. The fourth-order valence-electron chi connectivity index (χ4n) is 3.48. The maximum Gasteiger partial charge on any atom is 0.283 e. The van der Waals surface area contributed by atoms with E-state index >= 15 is 0 Å². The summed E-state index contributed by atoms with van der Waals surface area (Å²) in [6.07, 6.45) is 1.32. The molecular weight excluding hydrogens is 429 g/mol. The van der Waals surface area contributed by atoms with Gasteiger partial charge in [-0.15, -0.1) is 0 Å². The topological polar surface area (TPSA) is 124 Å². The maximum atomic E-state index is 13.4. The first-order chi connectivity index (χ1) is 13.4. The number of nitrogens with zero attached hydrogens (tertiary/aromatic N) is 2. The predicted molar refractivity (Wildman–Crippen MR) is 99.7 cm³/mol. The molecule has 158 valence electrons. The molecule has 0 spiro atoms. The van der Waals surface area contributed by atoms with Gasteiger partial charge in [-0.25, -0.2) is 17.1 Å². The highest BCUT2D eigenvalue weighted by Crippen LogP contribution is 2.27. The number of halogens is 2. The molecule has 2 heterocycles. The van der Waals surface area contributed by atoms with Crippen molar-refractivity contribution < 1.29 is 32.3 Å². The molecule has 0 saturated carbocycles. The van der Waals surface area contributed by atoms with E-state index in [1.54, 1.807) is 0 Å². The Morgan fingerprint density at radius 1 is 1.38 bits per heavy atom. The highest BCUT2D eigenvalue weighted by molar-refractivity contribution is 7.88. The van der Waals surface area contributed by atoms with Crippen LogP contribution in [0.3, 0.4) is 0 Å². The van der Waals surface area contributed by atoms with Crippen LogP contribution in [0.1, 0.15) is 12.0 Å². The zero-order chi connectivity index (χ0) is 21.6. The molecular formula is C17H19ClFN3O6S. The highest BCUT2D eigenvalue weighted by Gasteiger charge is 2.60. The number of carbonyl (C=O) groups excluding carboxylic acids is 3. The molecule has 2 aliphatic rings. The van der Waals surface area contributed by atoms with Crippen LogP contribution in [0.2, 0.25) is 5.02 Å². The average molecular weight is 448 g/mol. The third kappa shape index (κ3) is 4.13.